The van der Waals surface area contributed by atoms with Gasteiger partial charge in [0.2, 0.25) is 0 Å². The van der Waals surface area contributed by atoms with Crippen LogP contribution in [0.1, 0.15) is 5.56 Å². The molecule has 0 saturated heterocycles. The molecule has 100 valence electrons. The summed E-state index contributed by atoms with van der Waals surface area (Å²) in [5.74, 6) is 0.653. The van der Waals surface area contributed by atoms with Gasteiger partial charge in [0.15, 0.2) is 0 Å². The lowest BCUT2D eigenvalue weighted by molar-refractivity contribution is 0.262. The number of methoxy groups -OCH3 is 1. The fourth-order valence-electron chi connectivity index (χ4n) is 1.68. The molecule has 0 bridgehead atoms. The van der Waals surface area contributed by atoms with Gasteiger partial charge in [0.25, 0.3) is 0 Å². The van der Waals surface area contributed by atoms with Gasteiger partial charge in [-0.25, -0.2) is 4.79 Å². The van der Waals surface area contributed by atoms with Crippen LogP contribution in [0.5, 0.6) is 5.75 Å². The summed E-state index contributed by atoms with van der Waals surface area (Å²) in [6.07, 6.45) is 0. The smallest absolute Gasteiger partial charge is 0.323 e. The highest BCUT2D eigenvalue weighted by Gasteiger charge is 2.06. The molecule has 5 nitrogen and oxygen atoms in total. The van der Waals surface area contributed by atoms with Crippen molar-refractivity contribution in [2.24, 2.45) is 0 Å². The Bertz CT molecular complexity index is 662. The van der Waals surface area contributed by atoms with Crippen LogP contribution in [0.25, 0.3) is 0 Å². The minimum atomic E-state index is -0.416. The first-order chi connectivity index (χ1) is 9.72. The monoisotopic (exact) mass is 267 g/mol. The summed E-state index contributed by atoms with van der Waals surface area (Å²) in [6.45, 7) is 0. The van der Waals surface area contributed by atoms with E-state index < -0.39 is 6.03 Å². The average molecular weight is 267 g/mol. The van der Waals surface area contributed by atoms with Crippen molar-refractivity contribution in [2.45, 2.75) is 0 Å². The fourth-order valence-corrected chi connectivity index (χ4v) is 1.68. The molecule has 0 atom stereocenters. The summed E-state index contributed by atoms with van der Waals surface area (Å²) in [6, 6.07) is 15.4. The standard InChI is InChI=1S/C15H13N3O2/c1-20-13-7-4-6-12(9-13)17-15(19)18-14-8-3-2-5-11(14)10-16/h2-9H,1H3,(H2,17,18,19). The fraction of sp³-hybridized carbons (Fsp3) is 0.0667. The van der Waals surface area contributed by atoms with E-state index in [1.165, 1.54) is 0 Å². The van der Waals surface area contributed by atoms with Crippen LogP contribution in [0.3, 0.4) is 0 Å². The highest BCUT2D eigenvalue weighted by Crippen LogP contribution is 2.18. The minimum absolute atomic E-state index is 0.410. The van der Waals surface area contributed by atoms with Crippen LogP contribution in [0.4, 0.5) is 16.2 Å². The summed E-state index contributed by atoms with van der Waals surface area (Å²) in [5.41, 5.74) is 1.49. The Balaban J connectivity index is 2.07. The number of amides is 2. The van der Waals surface area contributed by atoms with Crippen molar-refractivity contribution in [3.63, 3.8) is 0 Å². The molecule has 2 aromatic rings. The predicted octanol–water partition coefficient (Wildman–Crippen LogP) is 3.21. The Labute approximate surface area is 116 Å². The first-order valence-corrected chi connectivity index (χ1v) is 5.94. The maximum atomic E-state index is 11.9. The molecule has 5 heteroatoms. The SMILES string of the molecule is COc1cccc(NC(=O)Nc2ccccc2C#N)c1. The highest BCUT2D eigenvalue weighted by atomic mass is 16.5. The van der Waals surface area contributed by atoms with Gasteiger partial charge in [-0.05, 0) is 24.3 Å². The summed E-state index contributed by atoms with van der Waals surface area (Å²) < 4.78 is 5.08. The predicted molar refractivity (Wildman–Crippen MR) is 76.8 cm³/mol. The Kier molecular flexibility index (Phi) is 4.20. The van der Waals surface area contributed by atoms with Crippen molar-refractivity contribution in [3.05, 3.63) is 54.1 Å². The number of ether oxygens (including phenoxy) is 1. The van der Waals surface area contributed by atoms with E-state index in [0.29, 0.717) is 22.7 Å². The van der Waals surface area contributed by atoms with Gasteiger partial charge in [-0.15, -0.1) is 0 Å². The van der Waals surface area contributed by atoms with Gasteiger partial charge in [0.1, 0.15) is 11.8 Å². The largest absolute Gasteiger partial charge is 0.497 e. The van der Waals surface area contributed by atoms with Gasteiger partial charge in [-0.1, -0.05) is 18.2 Å². The molecule has 0 aliphatic carbocycles. The number of urea groups is 1. The van der Waals surface area contributed by atoms with Crippen LogP contribution in [0, 0.1) is 11.3 Å². The van der Waals surface area contributed by atoms with E-state index in [0.717, 1.165) is 0 Å². The van der Waals surface area contributed by atoms with Crippen molar-refractivity contribution in [2.75, 3.05) is 17.7 Å². The topological polar surface area (TPSA) is 74.2 Å². The molecule has 0 aliphatic heterocycles. The first-order valence-electron chi connectivity index (χ1n) is 5.94. The van der Waals surface area contributed by atoms with E-state index in [4.69, 9.17) is 10.00 Å². The lowest BCUT2D eigenvalue weighted by Crippen LogP contribution is -2.19. The number of hydrogen-bond acceptors (Lipinski definition) is 3. The summed E-state index contributed by atoms with van der Waals surface area (Å²) in [7, 11) is 1.56. The number of rotatable bonds is 3. The molecule has 0 fully saturated rings. The summed E-state index contributed by atoms with van der Waals surface area (Å²) in [5, 5.41) is 14.3. The Morgan fingerprint density at radius 2 is 1.95 bits per heavy atom. The molecule has 0 aliphatic rings. The number of para-hydroxylation sites is 1. The van der Waals surface area contributed by atoms with Crippen LogP contribution >= 0.6 is 0 Å². The molecular weight excluding hydrogens is 254 g/mol. The van der Waals surface area contributed by atoms with Gasteiger partial charge in [0.05, 0.1) is 18.4 Å². The van der Waals surface area contributed by atoms with E-state index in [9.17, 15) is 4.79 Å². The zero-order chi connectivity index (χ0) is 14.4. The van der Waals surface area contributed by atoms with Gasteiger partial charge in [0, 0.05) is 11.8 Å². The van der Waals surface area contributed by atoms with Crippen LogP contribution < -0.4 is 15.4 Å². The van der Waals surface area contributed by atoms with Crippen molar-refractivity contribution in [1.29, 1.82) is 5.26 Å². The van der Waals surface area contributed by atoms with E-state index in [1.54, 1.807) is 55.6 Å². The molecule has 0 spiro atoms. The van der Waals surface area contributed by atoms with Gasteiger partial charge < -0.3 is 15.4 Å². The first kappa shape index (κ1) is 13.4. The Hall–Kier alpha value is -3.00. The van der Waals surface area contributed by atoms with Crippen molar-refractivity contribution >= 4 is 17.4 Å². The number of nitrogens with one attached hydrogen (secondary N) is 2. The number of carbonyl (C=O) groups excluding carboxylic acids is 1. The molecule has 0 unspecified atom stereocenters. The van der Waals surface area contributed by atoms with E-state index in [-0.39, 0.29) is 0 Å². The van der Waals surface area contributed by atoms with Crippen LogP contribution in [-0.2, 0) is 0 Å². The second-order valence-corrected chi connectivity index (χ2v) is 3.97. The van der Waals surface area contributed by atoms with Gasteiger partial charge in [-0.2, -0.15) is 5.26 Å². The molecule has 2 N–H and O–H groups in total. The maximum absolute atomic E-state index is 11.9. The third-order valence-electron chi connectivity index (χ3n) is 2.62. The van der Waals surface area contributed by atoms with Crippen molar-refractivity contribution in [1.82, 2.24) is 0 Å². The maximum Gasteiger partial charge on any atom is 0.323 e. The quantitative estimate of drug-likeness (QED) is 0.896. The number of carbonyl (C=O) groups is 1. The molecule has 20 heavy (non-hydrogen) atoms. The average Bonchev–Trinajstić information content (AvgIpc) is 2.48. The third kappa shape index (κ3) is 3.27. The van der Waals surface area contributed by atoms with Crippen molar-refractivity contribution < 1.29 is 9.53 Å². The zero-order valence-electron chi connectivity index (χ0n) is 10.9. The zero-order valence-corrected chi connectivity index (χ0v) is 10.9. The number of benzene rings is 2. The number of nitrogens with zero attached hydrogens (tertiary/aromatic N) is 1. The molecule has 2 amide bonds. The van der Waals surface area contributed by atoms with E-state index >= 15 is 0 Å². The number of hydrogen-bond donors (Lipinski definition) is 2. The molecule has 0 aromatic heterocycles. The lowest BCUT2D eigenvalue weighted by Gasteiger charge is -2.09. The molecule has 0 saturated carbocycles. The van der Waals surface area contributed by atoms with Crippen LogP contribution in [0.2, 0.25) is 0 Å². The third-order valence-corrected chi connectivity index (χ3v) is 2.62. The van der Waals surface area contributed by atoms with Gasteiger partial charge in [-0.3, -0.25) is 0 Å². The minimum Gasteiger partial charge on any atom is -0.497 e. The Morgan fingerprint density at radius 3 is 2.70 bits per heavy atom. The molecular formula is C15H13N3O2. The molecule has 0 heterocycles. The Morgan fingerprint density at radius 1 is 1.15 bits per heavy atom. The normalized spacial score (nSPS) is 9.40. The van der Waals surface area contributed by atoms with Crippen LogP contribution in [0.15, 0.2) is 48.5 Å². The van der Waals surface area contributed by atoms with Gasteiger partial charge >= 0.3 is 6.03 Å². The second-order valence-electron chi connectivity index (χ2n) is 3.97. The summed E-state index contributed by atoms with van der Waals surface area (Å²) >= 11 is 0. The molecule has 2 aromatic carbocycles. The van der Waals surface area contributed by atoms with E-state index in [1.807, 2.05) is 6.07 Å². The highest BCUT2D eigenvalue weighted by molar-refractivity contribution is 6.00. The number of nitriles is 1. The lowest BCUT2D eigenvalue weighted by atomic mass is 10.2. The number of anilines is 2. The van der Waals surface area contributed by atoms with Crippen LogP contribution in [-0.4, -0.2) is 13.1 Å². The summed E-state index contributed by atoms with van der Waals surface area (Å²) in [4.78, 5) is 11.9. The van der Waals surface area contributed by atoms with E-state index in [2.05, 4.69) is 10.6 Å². The molecule has 0 radical (unpaired) electrons. The molecule has 2 rings (SSSR count). The van der Waals surface area contributed by atoms with Crippen molar-refractivity contribution in [3.8, 4) is 11.8 Å². The second kappa shape index (κ2) is 6.25.